The summed E-state index contributed by atoms with van der Waals surface area (Å²) in [7, 11) is 0. The first-order chi connectivity index (χ1) is 6.40. The number of rotatable bonds is 2. The molecule has 1 aliphatic rings. The summed E-state index contributed by atoms with van der Waals surface area (Å²) >= 11 is 0. The van der Waals surface area contributed by atoms with Crippen molar-refractivity contribution in [2.75, 3.05) is 31.1 Å². The van der Waals surface area contributed by atoms with Crippen molar-refractivity contribution in [2.24, 2.45) is 0 Å². The zero-order valence-electron chi connectivity index (χ0n) is 7.77. The van der Waals surface area contributed by atoms with Crippen LogP contribution in [-0.2, 0) is 6.54 Å². The number of piperazine rings is 1. The molecule has 0 aromatic carbocycles. The van der Waals surface area contributed by atoms with Crippen LogP contribution >= 0.6 is 0 Å². The Hall–Kier alpha value is -1.17. The summed E-state index contributed by atoms with van der Waals surface area (Å²) in [6.07, 6.45) is 0. The van der Waals surface area contributed by atoms with E-state index in [-0.39, 0.29) is 0 Å². The quantitative estimate of drug-likeness (QED) is 0.642. The Morgan fingerprint density at radius 2 is 2.15 bits per heavy atom. The van der Waals surface area contributed by atoms with E-state index >= 15 is 0 Å². The summed E-state index contributed by atoms with van der Waals surface area (Å²) in [5.41, 5.74) is 0. The number of nitrogens with zero attached hydrogens (tertiary/aromatic N) is 5. The Morgan fingerprint density at radius 1 is 1.38 bits per heavy atom. The van der Waals surface area contributed by atoms with Crippen LogP contribution in [0.1, 0.15) is 6.92 Å². The maximum Gasteiger partial charge on any atom is 0.266 e. The van der Waals surface area contributed by atoms with Gasteiger partial charge >= 0.3 is 0 Å². The highest BCUT2D eigenvalue weighted by Crippen LogP contribution is 2.04. The van der Waals surface area contributed by atoms with Crippen molar-refractivity contribution in [2.45, 2.75) is 13.5 Å². The third-order valence-electron chi connectivity index (χ3n) is 2.12. The summed E-state index contributed by atoms with van der Waals surface area (Å²) in [6, 6.07) is 0. The molecule has 1 saturated heterocycles. The van der Waals surface area contributed by atoms with Gasteiger partial charge in [-0.3, -0.25) is 0 Å². The van der Waals surface area contributed by atoms with Crippen LogP contribution in [0.15, 0.2) is 0 Å². The molecule has 1 aliphatic heterocycles. The molecular formula is C7H14N6. The maximum absolute atomic E-state index is 4.24. The van der Waals surface area contributed by atoms with Gasteiger partial charge in [0.25, 0.3) is 5.95 Å². The first-order valence-corrected chi connectivity index (χ1v) is 4.63. The average Bonchev–Trinajstić information content (AvgIpc) is 2.67. The summed E-state index contributed by atoms with van der Waals surface area (Å²) < 4.78 is 0. The van der Waals surface area contributed by atoms with Crippen LogP contribution in [0.3, 0.4) is 0 Å². The molecule has 2 heterocycles. The molecule has 0 radical (unpaired) electrons. The van der Waals surface area contributed by atoms with E-state index in [1.54, 1.807) is 4.80 Å². The molecule has 2 rings (SSSR count). The fourth-order valence-corrected chi connectivity index (χ4v) is 1.36. The standard InChI is InChI=1S/C7H14N6/c1-2-13-10-7(9-11-13)12-5-3-8-4-6-12/h8H,2-6H2,1H3. The van der Waals surface area contributed by atoms with Crippen LogP contribution in [0.2, 0.25) is 0 Å². The van der Waals surface area contributed by atoms with E-state index < -0.39 is 0 Å². The molecule has 0 saturated carbocycles. The fourth-order valence-electron chi connectivity index (χ4n) is 1.36. The molecule has 6 heteroatoms. The van der Waals surface area contributed by atoms with Crippen LogP contribution in [0.25, 0.3) is 0 Å². The highest BCUT2D eigenvalue weighted by molar-refractivity contribution is 5.26. The van der Waals surface area contributed by atoms with Gasteiger partial charge in [-0.05, 0) is 12.1 Å². The number of aryl methyl sites for hydroxylation is 1. The number of tetrazole rings is 1. The molecule has 0 bridgehead atoms. The molecule has 0 unspecified atom stereocenters. The Balaban J connectivity index is 2.05. The molecule has 0 atom stereocenters. The van der Waals surface area contributed by atoms with Gasteiger partial charge in [0.1, 0.15) is 0 Å². The van der Waals surface area contributed by atoms with Crippen LogP contribution < -0.4 is 10.2 Å². The topological polar surface area (TPSA) is 58.9 Å². The van der Waals surface area contributed by atoms with Gasteiger partial charge < -0.3 is 10.2 Å². The Morgan fingerprint density at radius 3 is 2.77 bits per heavy atom. The van der Waals surface area contributed by atoms with Gasteiger partial charge in [0.05, 0.1) is 6.54 Å². The van der Waals surface area contributed by atoms with Crippen molar-refractivity contribution in [3.8, 4) is 0 Å². The van der Waals surface area contributed by atoms with Crippen LogP contribution in [-0.4, -0.2) is 46.4 Å². The number of anilines is 1. The molecule has 13 heavy (non-hydrogen) atoms. The second-order valence-corrected chi connectivity index (χ2v) is 3.02. The Kier molecular flexibility index (Phi) is 2.40. The first kappa shape index (κ1) is 8.43. The minimum absolute atomic E-state index is 0.753. The molecule has 0 amide bonds. The summed E-state index contributed by atoms with van der Waals surface area (Å²) in [6.45, 7) is 6.72. The number of nitrogens with one attached hydrogen (secondary N) is 1. The van der Waals surface area contributed by atoms with Gasteiger partial charge in [0.2, 0.25) is 0 Å². The van der Waals surface area contributed by atoms with E-state index in [0.717, 1.165) is 38.7 Å². The summed E-state index contributed by atoms with van der Waals surface area (Å²) in [5.74, 6) is 0.753. The van der Waals surface area contributed by atoms with Crippen molar-refractivity contribution in [3.63, 3.8) is 0 Å². The van der Waals surface area contributed by atoms with Crippen molar-refractivity contribution in [3.05, 3.63) is 0 Å². The lowest BCUT2D eigenvalue weighted by Gasteiger charge is -2.25. The van der Waals surface area contributed by atoms with Crippen molar-refractivity contribution in [1.29, 1.82) is 0 Å². The van der Waals surface area contributed by atoms with E-state index in [9.17, 15) is 0 Å². The minimum Gasteiger partial charge on any atom is -0.336 e. The van der Waals surface area contributed by atoms with Gasteiger partial charge in [-0.15, -0.1) is 5.10 Å². The second-order valence-electron chi connectivity index (χ2n) is 3.02. The van der Waals surface area contributed by atoms with E-state index in [1.165, 1.54) is 0 Å². The zero-order chi connectivity index (χ0) is 9.10. The third-order valence-corrected chi connectivity index (χ3v) is 2.12. The molecule has 0 spiro atoms. The SMILES string of the molecule is CCn1nnc(N2CCNCC2)n1. The summed E-state index contributed by atoms with van der Waals surface area (Å²) in [5, 5.41) is 15.4. The number of aromatic nitrogens is 4. The van der Waals surface area contributed by atoms with Gasteiger partial charge in [0.15, 0.2) is 0 Å². The van der Waals surface area contributed by atoms with E-state index in [1.807, 2.05) is 6.92 Å². The molecule has 1 N–H and O–H groups in total. The van der Waals surface area contributed by atoms with E-state index in [0.29, 0.717) is 0 Å². The number of hydrogen-bond acceptors (Lipinski definition) is 5. The fraction of sp³-hybridized carbons (Fsp3) is 0.857. The second kappa shape index (κ2) is 3.69. The maximum atomic E-state index is 4.24. The molecule has 1 fully saturated rings. The molecule has 1 aromatic rings. The monoisotopic (exact) mass is 182 g/mol. The Labute approximate surface area is 76.9 Å². The van der Waals surface area contributed by atoms with Gasteiger partial charge in [0, 0.05) is 26.2 Å². The van der Waals surface area contributed by atoms with Crippen molar-refractivity contribution >= 4 is 5.95 Å². The highest BCUT2D eigenvalue weighted by atomic mass is 15.6. The lowest BCUT2D eigenvalue weighted by molar-refractivity contribution is 0.547. The predicted octanol–water partition coefficient (Wildman–Crippen LogP) is -0.897. The lowest BCUT2D eigenvalue weighted by Crippen LogP contribution is -2.44. The number of hydrogen-bond donors (Lipinski definition) is 1. The molecule has 1 aromatic heterocycles. The van der Waals surface area contributed by atoms with E-state index in [2.05, 4.69) is 25.6 Å². The zero-order valence-corrected chi connectivity index (χ0v) is 7.77. The summed E-state index contributed by atoms with van der Waals surface area (Å²) in [4.78, 5) is 3.76. The van der Waals surface area contributed by atoms with Crippen LogP contribution in [0, 0.1) is 0 Å². The van der Waals surface area contributed by atoms with Crippen LogP contribution in [0.4, 0.5) is 5.95 Å². The smallest absolute Gasteiger partial charge is 0.266 e. The minimum atomic E-state index is 0.753. The molecule has 6 nitrogen and oxygen atoms in total. The molecular weight excluding hydrogens is 168 g/mol. The van der Waals surface area contributed by atoms with E-state index in [4.69, 9.17) is 0 Å². The van der Waals surface area contributed by atoms with Gasteiger partial charge in [-0.1, -0.05) is 5.10 Å². The molecule has 0 aliphatic carbocycles. The normalized spacial score (nSPS) is 17.8. The van der Waals surface area contributed by atoms with Crippen molar-refractivity contribution in [1.82, 2.24) is 25.5 Å². The largest absolute Gasteiger partial charge is 0.336 e. The third kappa shape index (κ3) is 1.77. The van der Waals surface area contributed by atoms with Crippen molar-refractivity contribution < 1.29 is 0 Å². The van der Waals surface area contributed by atoms with Crippen LogP contribution in [0.5, 0.6) is 0 Å². The van der Waals surface area contributed by atoms with Gasteiger partial charge in [-0.25, -0.2) is 0 Å². The highest BCUT2D eigenvalue weighted by Gasteiger charge is 2.14. The Bertz CT molecular complexity index is 264. The lowest BCUT2D eigenvalue weighted by atomic mass is 10.4. The van der Waals surface area contributed by atoms with Gasteiger partial charge in [-0.2, -0.15) is 4.80 Å². The average molecular weight is 182 g/mol. The molecule has 72 valence electrons. The first-order valence-electron chi connectivity index (χ1n) is 4.63. The predicted molar refractivity (Wildman–Crippen MR) is 48.6 cm³/mol.